The van der Waals surface area contributed by atoms with E-state index in [1.54, 1.807) is 0 Å². The molecule has 94 valence electrons. The highest BCUT2D eigenvalue weighted by atomic mass is 79.9. The summed E-state index contributed by atoms with van der Waals surface area (Å²) in [5, 5.41) is 9.44. The minimum atomic E-state index is 0.220. The van der Waals surface area contributed by atoms with Gasteiger partial charge in [-0.05, 0) is 48.1 Å². The van der Waals surface area contributed by atoms with Gasteiger partial charge in [-0.3, -0.25) is 4.90 Å². The zero-order valence-electron chi connectivity index (χ0n) is 10.1. The predicted octanol–water partition coefficient (Wildman–Crippen LogP) is 1.95. The fourth-order valence-electron chi connectivity index (χ4n) is 2.30. The van der Waals surface area contributed by atoms with Crippen LogP contribution < -0.4 is 4.90 Å². The van der Waals surface area contributed by atoms with Crippen LogP contribution in [-0.4, -0.2) is 49.3 Å². The molecule has 0 amide bonds. The van der Waals surface area contributed by atoms with Gasteiger partial charge in [-0.15, -0.1) is 0 Å². The number of benzene rings is 1. The summed E-state index contributed by atoms with van der Waals surface area (Å²) in [6.07, 6.45) is 1.13. The van der Waals surface area contributed by atoms with E-state index in [2.05, 4.69) is 51.0 Å². The van der Waals surface area contributed by atoms with Crippen molar-refractivity contribution < 1.29 is 5.11 Å². The summed E-state index contributed by atoms with van der Waals surface area (Å²) in [6, 6.07) is 8.51. The van der Waals surface area contributed by atoms with Gasteiger partial charge in [0.05, 0.1) is 12.3 Å². The van der Waals surface area contributed by atoms with Gasteiger partial charge in [0.2, 0.25) is 0 Å². The first-order chi connectivity index (χ1) is 8.22. The van der Waals surface area contributed by atoms with Crippen LogP contribution >= 0.6 is 15.9 Å². The summed E-state index contributed by atoms with van der Waals surface area (Å²) in [7, 11) is 2.09. The third-order valence-electron chi connectivity index (χ3n) is 3.40. The number of aliphatic hydroxyl groups excluding tert-OH is 1. The van der Waals surface area contributed by atoms with Crippen LogP contribution in [0, 0.1) is 0 Å². The van der Waals surface area contributed by atoms with Crippen molar-refractivity contribution in [2.45, 2.75) is 12.5 Å². The normalized spacial score (nSPS) is 22.5. The molecule has 0 saturated carbocycles. The van der Waals surface area contributed by atoms with E-state index in [9.17, 15) is 5.11 Å². The molecule has 1 aromatic rings. The Hall–Kier alpha value is -0.580. The monoisotopic (exact) mass is 298 g/mol. The largest absolute Gasteiger partial charge is 0.395 e. The molecule has 1 atom stereocenters. The SMILES string of the molecule is CN1CCCN(c2ccccc2Br)CC1CO. The topological polar surface area (TPSA) is 26.7 Å². The minimum Gasteiger partial charge on any atom is -0.395 e. The van der Waals surface area contributed by atoms with E-state index in [1.165, 1.54) is 5.69 Å². The van der Waals surface area contributed by atoms with Crippen molar-refractivity contribution in [3.05, 3.63) is 28.7 Å². The number of likely N-dealkylation sites (N-methyl/N-ethyl adjacent to an activating group) is 1. The first-order valence-electron chi connectivity index (χ1n) is 6.03. The Balaban J connectivity index is 2.18. The molecule has 1 aliphatic heterocycles. The third-order valence-corrected chi connectivity index (χ3v) is 4.07. The predicted molar refractivity (Wildman–Crippen MR) is 74.5 cm³/mol. The molecule has 1 N–H and O–H groups in total. The molecule has 1 aromatic carbocycles. The number of hydrogen-bond donors (Lipinski definition) is 1. The van der Waals surface area contributed by atoms with Crippen molar-refractivity contribution in [2.75, 3.05) is 38.2 Å². The van der Waals surface area contributed by atoms with E-state index in [1.807, 2.05) is 6.07 Å². The highest BCUT2D eigenvalue weighted by molar-refractivity contribution is 9.10. The number of halogens is 1. The van der Waals surface area contributed by atoms with Crippen molar-refractivity contribution in [3.8, 4) is 0 Å². The molecule has 0 bridgehead atoms. The van der Waals surface area contributed by atoms with Crippen LogP contribution in [0.5, 0.6) is 0 Å². The smallest absolute Gasteiger partial charge is 0.0603 e. The van der Waals surface area contributed by atoms with Gasteiger partial charge in [-0.25, -0.2) is 0 Å². The molecule has 1 fully saturated rings. The van der Waals surface area contributed by atoms with Crippen LogP contribution in [0.25, 0.3) is 0 Å². The molecule has 0 aromatic heterocycles. The van der Waals surface area contributed by atoms with Gasteiger partial charge in [0, 0.05) is 23.6 Å². The molecule has 0 radical (unpaired) electrons. The summed E-state index contributed by atoms with van der Waals surface area (Å²) in [6.45, 7) is 3.20. The number of rotatable bonds is 2. The second kappa shape index (κ2) is 5.85. The lowest BCUT2D eigenvalue weighted by Crippen LogP contribution is -2.41. The minimum absolute atomic E-state index is 0.220. The van der Waals surface area contributed by atoms with Crippen molar-refractivity contribution in [1.82, 2.24) is 4.90 Å². The van der Waals surface area contributed by atoms with E-state index in [-0.39, 0.29) is 12.6 Å². The first kappa shape index (κ1) is 12.9. The van der Waals surface area contributed by atoms with E-state index in [4.69, 9.17) is 0 Å². The Morgan fingerprint density at radius 1 is 1.35 bits per heavy atom. The Morgan fingerprint density at radius 2 is 2.12 bits per heavy atom. The molecular formula is C13H19BrN2O. The number of nitrogens with zero attached hydrogens (tertiary/aromatic N) is 2. The van der Waals surface area contributed by atoms with Crippen LogP contribution in [0.2, 0.25) is 0 Å². The third kappa shape index (κ3) is 3.00. The lowest BCUT2D eigenvalue weighted by atomic mass is 10.2. The Labute approximate surface area is 111 Å². The molecule has 1 unspecified atom stereocenters. The fraction of sp³-hybridized carbons (Fsp3) is 0.538. The zero-order valence-corrected chi connectivity index (χ0v) is 11.7. The molecule has 1 heterocycles. The zero-order chi connectivity index (χ0) is 12.3. The molecule has 1 saturated heterocycles. The molecule has 0 aliphatic carbocycles. The van der Waals surface area contributed by atoms with E-state index >= 15 is 0 Å². The maximum atomic E-state index is 9.44. The second-order valence-corrected chi connectivity index (χ2v) is 5.42. The standard InChI is InChI=1S/C13H19BrN2O/c1-15-7-4-8-16(9-11(15)10-17)13-6-3-2-5-12(13)14/h2-3,5-6,11,17H,4,7-10H2,1H3. The van der Waals surface area contributed by atoms with E-state index < -0.39 is 0 Å². The highest BCUT2D eigenvalue weighted by Crippen LogP contribution is 2.27. The maximum absolute atomic E-state index is 9.44. The Morgan fingerprint density at radius 3 is 2.82 bits per heavy atom. The van der Waals surface area contributed by atoms with Crippen LogP contribution in [0.4, 0.5) is 5.69 Å². The molecule has 3 nitrogen and oxygen atoms in total. The molecule has 2 rings (SSSR count). The average molecular weight is 299 g/mol. The van der Waals surface area contributed by atoms with Gasteiger partial charge in [0.15, 0.2) is 0 Å². The van der Waals surface area contributed by atoms with Gasteiger partial charge in [-0.1, -0.05) is 12.1 Å². The summed E-state index contributed by atoms with van der Waals surface area (Å²) in [4.78, 5) is 4.60. The van der Waals surface area contributed by atoms with Crippen molar-refractivity contribution >= 4 is 21.6 Å². The summed E-state index contributed by atoms with van der Waals surface area (Å²) >= 11 is 3.60. The average Bonchev–Trinajstić information content (AvgIpc) is 2.51. The molecule has 4 heteroatoms. The highest BCUT2D eigenvalue weighted by Gasteiger charge is 2.22. The molecular weight excluding hydrogens is 280 g/mol. The molecule has 0 spiro atoms. The summed E-state index contributed by atoms with van der Waals surface area (Å²) < 4.78 is 1.13. The van der Waals surface area contributed by atoms with Gasteiger partial charge in [0.1, 0.15) is 0 Å². The number of aliphatic hydroxyl groups is 1. The first-order valence-corrected chi connectivity index (χ1v) is 6.82. The van der Waals surface area contributed by atoms with Gasteiger partial charge in [-0.2, -0.15) is 0 Å². The number of para-hydroxylation sites is 1. The van der Waals surface area contributed by atoms with Crippen molar-refractivity contribution in [1.29, 1.82) is 0 Å². The second-order valence-electron chi connectivity index (χ2n) is 4.57. The van der Waals surface area contributed by atoms with Crippen LogP contribution in [0.1, 0.15) is 6.42 Å². The maximum Gasteiger partial charge on any atom is 0.0603 e. The summed E-state index contributed by atoms with van der Waals surface area (Å²) in [5.41, 5.74) is 1.22. The van der Waals surface area contributed by atoms with Gasteiger partial charge >= 0.3 is 0 Å². The lowest BCUT2D eigenvalue weighted by Gasteiger charge is -2.29. The number of hydrogen-bond acceptors (Lipinski definition) is 3. The van der Waals surface area contributed by atoms with Crippen LogP contribution in [-0.2, 0) is 0 Å². The van der Waals surface area contributed by atoms with Gasteiger partial charge < -0.3 is 10.0 Å². The Kier molecular flexibility index (Phi) is 4.42. The molecule has 17 heavy (non-hydrogen) atoms. The Bertz CT molecular complexity index is 372. The van der Waals surface area contributed by atoms with E-state index in [0.717, 1.165) is 30.5 Å². The van der Waals surface area contributed by atoms with Crippen molar-refractivity contribution in [3.63, 3.8) is 0 Å². The van der Waals surface area contributed by atoms with Crippen LogP contribution in [0.3, 0.4) is 0 Å². The lowest BCUT2D eigenvalue weighted by molar-refractivity contribution is 0.159. The van der Waals surface area contributed by atoms with Crippen molar-refractivity contribution in [2.24, 2.45) is 0 Å². The molecule has 1 aliphatic rings. The van der Waals surface area contributed by atoms with E-state index in [0.29, 0.717) is 0 Å². The quantitative estimate of drug-likeness (QED) is 0.904. The summed E-state index contributed by atoms with van der Waals surface area (Å²) in [5.74, 6) is 0. The fourth-order valence-corrected chi connectivity index (χ4v) is 2.84. The van der Waals surface area contributed by atoms with Gasteiger partial charge in [0.25, 0.3) is 0 Å². The van der Waals surface area contributed by atoms with Crippen LogP contribution in [0.15, 0.2) is 28.7 Å². The number of anilines is 1.